The topological polar surface area (TPSA) is 54.1 Å². The molecule has 0 aliphatic heterocycles. The third-order valence-electron chi connectivity index (χ3n) is 2.94. The number of hydrogen-bond acceptors (Lipinski definition) is 2. The maximum atomic E-state index is 10.7. The number of anilines is 1. The van der Waals surface area contributed by atoms with E-state index in [4.69, 9.17) is 4.74 Å². The molecule has 0 saturated carbocycles. The summed E-state index contributed by atoms with van der Waals surface area (Å²) in [5.41, 5.74) is 3.59. The molecule has 20 heavy (non-hydrogen) atoms. The molecule has 2 aromatic rings. The minimum absolute atomic E-state index is 0.674. The highest BCUT2D eigenvalue weighted by Crippen LogP contribution is 2.33. The van der Waals surface area contributed by atoms with Gasteiger partial charge in [0.15, 0.2) is 0 Å². The summed E-state index contributed by atoms with van der Waals surface area (Å²) >= 11 is 3.52. The van der Waals surface area contributed by atoms with Crippen molar-refractivity contribution in [3.63, 3.8) is 0 Å². The summed E-state index contributed by atoms with van der Waals surface area (Å²) in [7, 11) is 1.63. The Balaban J connectivity index is 2.47. The number of rotatable bonds is 5. The van der Waals surface area contributed by atoms with E-state index in [1.54, 1.807) is 7.11 Å². The fourth-order valence-corrected chi connectivity index (χ4v) is 2.74. The van der Waals surface area contributed by atoms with Crippen molar-refractivity contribution in [2.75, 3.05) is 12.4 Å². The van der Waals surface area contributed by atoms with E-state index < -0.39 is 0 Å². The third kappa shape index (κ3) is 2.93. The van der Waals surface area contributed by atoms with Gasteiger partial charge in [-0.3, -0.25) is 4.79 Å². The largest absolute Gasteiger partial charge is 0.495 e. The summed E-state index contributed by atoms with van der Waals surface area (Å²) in [4.78, 5) is 13.8. The van der Waals surface area contributed by atoms with Gasteiger partial charge in [0.05, 0.1) is 12.8 Å². The van der Waals surface area contributed by atoms with Crippen LogP contribution in [-0.4, -0.2) is 18.5 Å². The molecule has 0 atom stereocenters. The molecule has 104 valence electrons. The zero-order valence-corrected chi connectivity index (χ0v) is 12.8. The Morgan fingerprint density at radius 1 is 1.40 bits per heavy atom. The summed E-state index contributed by atoms with van der Waals surface area (Å²) in [6.45, 7) is 1.98. The average molecular weight is 335 g/mol. The number of aromatic nitrogens is 1. The van der Waals surface area contributed by atoms with Crippen LogP contribution >= 0.6 is 15.9 Å². The lowest BCUT2D eigenvalue weighted by atomic mass is 10.0. The number of amides is 1. The van der Waals surface area contributed by atoms with Crippen molar-refractivity contribution in [2.24, 2.45) is 0 Å². The number of allylic oxidation sites excluding steroid dienone is 1. The second-order valence-electron chi connectivity index (χ2n) is 4.21. The zero-order valence-electron chi connectivity index (χ0n) is 11.2. The van der Waals surface area contributed by atoms with Crippen LogP contribution in [0.25, 0.3) is 11.6 Å². The van der Waals surface area contributed by atoms with Gasteiger partial charge in [0, 0.05) is 21.9 Å². The van der Waals surface area contributed by atoms with Crippen LogP contribution in [0.4, 0.5) is 5.69 Å². The summed E-state index contributed by atoms with van der Waals surface area (Å²) in [6.07, 6.45) is 4.48. The summed E-state index contributed by atoms with van der Waals surface area (Å²) < 4.78 is 6.19. The molecule has 0 unspecified atom stereocenters. The number of carbonyl (C=O) groups excluding carboxylic acids is 1. The van der Waals surface area contributed by atoms with Crippen LogP contribution in [0.3, 0.4) is 0 Å². The summed E-state index contributed by atoms with van der Waals surface area (Å²) in [5.74, 6) is 0.779. The first-order chi connectivity index (χ1) is 9.67. The fraction of sp³-hybridized carbons (Fsp3) is 0.133. The van der Waals surface area contributed by atoms with Crippen LogP contribution in [0, 0.1) is 0 Å². The van der Waals surface area contributed by atoms with Crippen molar-refractivity contribution >= 4 is 39.7 Å². The second kappa shape index (κ2) is 6.43. The van der Waals surface area contributed by atoms with E-state index in [-0.39, 0.29) is 0 Å². The number of methoxy groups -OCH3 is 1. The molecular formula is C15H15BrN2O2. The summed E-state index contributed by atoms with van der Waals surface area (Å²) in [5, 5.41) is 2.71. The monoisotopic (exact) mass is 334 g/mol. The number of aromatic amines is 1. The van der Waals surface area contributed by atoms with Crippen LogP contribution in [0.15, 0.2) is 34.9 Å². The molecular weight excluding hydrogens is 320 g/mol. The van der Waals surface area contributed by atoms with Crippen molar-refractivity contribution < 1.29 is 9.53 Å². The second-order valence-corrected chi connectivity index (χ2v) is 5.07. The highest BCUT2D eigenvalue weighted by molar-refractivity contribution is 9.10. The number of hydrogen-bond donors (Lipinski definition) is 2. The van der Waals surface area contributed by atoms with Crippen molar-refractivity contribution in [2.45, 2.75) is 6.92 Å². The lowest BCUT2D eigenvalue weighted by Gasteiger charge is -2.11. The molecule has 0 saturated heterocycles. The fourth-order valence-electron chi connectivity index (χ4n) is 2.06. The van der Waals surface area contributed by atoms with Gasteiger partial charge in [-0.05, 0) is 36.8 Å². The van der Waals surface area contributed by atoms with Crippen LogP contribution in [0.2, 0.25) is 0 Å². The maximum Gasteiger partial charge on any atom is 0.211 e. The van der Waals surface area contributed by atoms with E-state index in [0.29, 0.717) is 6.41 Å². The normalized spacial score (nSPS) is 11.2. The highest BCUT2D eigenvalue weighted by Gasteiger charge is 2.10. The molecule has 0 bridgehead atoms. The molecule has 5 heteroatoms. The van der Waals surface area contributed by atoms with Crippen LogP contribution in [-0.2, 0) is 4.79 Å². The molecule has 1 amide bonds. The smallest absolute Gasteiger partial charge is 0.211 e. The van der Waals surface area contributed by atoms with Crippen molar-refractivity contribution in [1.29, 1.82) is 0 Å². The quantitative estimate of drug-likeness (QED) is 0.814. The molecule has 1 aromatic heterocycles. The molecule has 4 nitrogen and oxygen atoms in total. The number of ether oxygens (including phenoxy) is 1. The lowest BCUT2D eigenvalue weighted by molar-refractivity contribution is -0.105. The van der Waals surface area contributed by atoms with Gasteiger partial charge in [0.2, 0.25) is 6.41 Å². The van der Waals surface area contributed by atoms with Crippen LogP contribution < -0.4 is 10.1 Å². The van der Waals surface area contributed by atoms with E-state index in [9.17, 15) is 4.79 Å². The standard InChI is InChI=1S/C15H15BrN2O2/c1-10(8-13-14(20-2)6-7-17-13)15-11(16)4-3-5-12(15)18-9-19/h3-9,17H,1-2H3,(H,18,19)/b10-8+. The highest BCUT2D eigenvalue weighted by atomic mass is 79.9. The predicted octanol–water partition coefficient (Wildman–Crippen LogP) is 3.91. The predicted molar refractivity (Wildman–Crippen MR) is 84.7 cm³/mol. The van der Waals surface area contributed by atoms with Gasteiger partial charge in [0.1, 0.15) is 5.75 Å². The Labute approximate surface area is 126 Å². The minimum atomic E-state index is 0.674. The Kier molecular flexibility index (Phi) is 4.63. The maximum absolute atomic E-state index is 10.7. The van der Waals surface area contributed by atoms with E-state index in [1.165, 1.54) is 0 Å². The SMILES string of the molecule is COc1cc[nH]c1/C=C(\C)c1c(Br)cccc1NC=O. The van der Waals surface area contributed by atoms with Crippen LogP contribution in [0.1, 0.15) is 18.2 Å². The summed E-state index contributed by atoms with van der Waals surface area (Å²) in [6, 6.07) is 7.54. The van der Waals surface area contributed by atoms with Crippen molar-refractivity contribution in [3.8, 4) is 5.75 Å². The molecule has 0 spiro atoms. The lowest BCUT2D eigenvalue weighted by Crippen LogP contribution is -1.98. The molecule has 1 heterocycles. The first-order valence-electron chi connectivity index (χ1n) is 6.06. The number of nitrogens with one attached hydrogen (secondary N) is 2. The van der Waals surface area contributed by atoms with Gasteiger partial charge in [-0.25, -0.2) is 0 Å². The molecule has 0 aliphatic carbocycles. The Morgan fingerprint density at radius 2 is 2.20 bits per heavy atom. The van der Waals surface area contributed by atoms with Gasteiger partial charge in [-0.15, -0.1) is 0 Å². The van der Waals surface area contributed by atoms with Gasteiger partial charge in [0.25, 0.3) is 0 Å². The van der Waals surface area contributed by atoms with Crippen LogP contribution in [0.5, 0.6) is 5.75 Å². The Morgan fingerprint density at radius 3 is 2.90 bits per heavy atom. The number of benzene rings is 1. The number of carbonyl (C=O) groups is 1. The molecule has 0 aliphatic rings. The number of halogens is 1. The minimum Gasteiger partial charge on any atom is -0.495 e. The van der Waals surface area contributed by atoms with Gasteiger partial charge in [-0.2, -0.15) is 0 Å². The van der Waals surface area contributed by atoms with E-state index in [0.717, 1.165) is 32.7 Å². The van der Waals surface area contributed by atoms with E-state index in [2.05, 4.69) is 26.2 Å². The van der Waals surface area contributed by atoms with Gasteiger partial charge in [-0.1, -0.05) is 22.0 Å². The van der Waals surface area contributed by atoms with Crippen molar-refractivity contribution in [1.82, 2.24) is 4.98 Å². The molecule has 2 rings (SSSR count). The average Bonchev–Trinajstić information content (AvgIpc) is 2.86. The van der Waals surface area contributed by atoms with Gasteiger partial charge >= 0.3 is 0 Å². The van der Waals surface area contributed by atoms with E-state index in [1.807, 2.05) is 43.5 Å². The number of H-pyrrole nitrogens is 1. The first-order valence-corrected chi connectivity index (χ1v) is 6.85. The Hall–Kier alpha value is -2.01. The molecule has 2 N–H and O–H groups in total. The van der Waals surface area contributed by atoms with E-state index >= 15 is 0 Å². The first kappa shape index (κ1) is 14.4. The van der Waals surface area contributed by atoms with Crippen molar-refractivity contribution in [3.05, 3.63) is 46.2 Å². The Bertz CT molecular complexity index is 647. The molecule has 0 fully saturated rings. The molecule has 0 radical (unpaired) electrons. The van der Waals surface area contributed by atoms with Gasteiger partial charge < -0.3 is 15.0 Å². The molecule has 1 aromatic carbocycles. The zero-order chi connectivity index (χ0) is 14.5. The third-order valence-corrected chi connectivity index (χ3v) is 3.60.